The van der Waals surface area contributed by atoms with E-state index in [9.17, 15) is 39.3 Å². The van der Waals surface area contributed by atoms with Crippen LogP contribution in [0.15, 0.2) is 47.6 Å². The molecule has 4 rings (SSSR count). The number of aliphatic hydroxyl groups excluding tert-OH is 2. The number of cyclic esters (lactones) is 1. The molecule has 0 spiro atoms. The van der Waals surface area contributed by atoms with Crippen LogP contribution in [0.1, 0.15) is 126 Å². The van der Waals surface area contributed by atoms with Gasteiger partial charge in [-0.15, -0.1) is 0 Å². The number of amides is 1. The number of Topliss-reactive ketones (excluding diaryl/α,β-unsaturated/α-hetero) is 3. The molecule has 366 valence electrons. The number of hydrogen-bond acceptors (Lipinski definition) is 13. The van der Waals surface area contributed by atoms with E-state index >= 15 is 0 Å². The molecule has 1 aliphatic carbocycles. The number of nitrogens with zero attached hydrogens (tertiary/aromatic N) is 1. The van der Waals surface area contributed by atoms with Crippen molar-refractivity contribution >= 4 is 29.2 Å². The maximum Gasteiger partial charge on any atom is 0.329 e. The van der Waals surface area contributed by atoms with E-state index in [1.54, 1.807) is 41.1 Å². The number of carbonyl (C=O) groups is 5. The van der Waals surface area contributed by atoms with Gasteiger partial charge in [0.05, 0.1) is 24.4 Å². The second kappa shape index (κ2) is 25.1. The molecule has 3 aliphatic heterocycles. The third-order valence-corrected chi connectivity index (χ3v) is 14.5. The number of aliphatic hydroxyl groups is 3. The van der Waals surface area contributed by atoms with E-state index in [1.165, 1.54) is 12.0 Å². The summed E-state index contributed by atoms with van der Waals surface area (Å²) in [5.74, 6) is -7.96. The molecule has 4 aliphatic rings. The van der Waals surface area contributed by atoms with Gasteiger partial charge in [0.1, 0.15) is 30.1 Å². The lowest BCUT2D eigenvalue weighted by Crippen LogP contribution is -2.61. The molecule has 3 heterocycles. The van der Waals surface area contributed by atoms with Crippen molar-refractivity contribution in [2.24, 2.45) is 35.5 Å². The van der Waals surface area contributed by atoms with Crippen LogP contribution >= 0.6 is 0 Å². The summed E-state index contributed by atoms with van der Waals surface area (Å²) in [5, 5.41) is 33.8. The lowest BCUT2D eigenvalue weighted by atomic mass is 9.78. The molecular weight excluding hydrogens is 835 g/mol. The van der Waals surface area contributed by atoms with Gasteiger partial charge in [-0.2, -0.15) is 0 Å². The first kappa shape index (κ1) is 54.2. The smallest absolute Gasteiger partial charge is 0.329 e. The molecule has 3 fully saturated rings. The molecule has 0 radical (unpaired) electrons. The van der Waals surface area contributed by atoms with Gasteiger partial charge in [0.2, 0.25) is 5.79 Å². The summed E-state index contributed by atoms with van der Waals surface area (Å²) in [6.45, 7) is 12.7. The molecule has 0 aromatic carbocycles. The van der Waals surface area contributed by atoms with Crippen LogP contribution in [0.2, 0.25) is 0 Å². The second-order valence-electron chi connectivity index (χ2n) is 19.6. The third kappa shape index (κ3) is 14.3. The zero-order valence-corrected chi connectivity index (χ0v) is 40.6. The highest BCUT2D eigenvalue weighted by Gasteiger charge is 2.53. The fourth-order valence-electron chi connectivity index (χ4n) is 10.1. The summed E-state index contributed by atoms with van der Waals surface area (Å²) in [4.78, 5) is 71.8. The van der Waals surface area contributed by atoms with Crippen molar-refractivity contribution in [1.82, 2.24) is 4.90 Å². The Morgan fingerprint density at radius 1 is 0.846 bits per heavy atom. The summed E-state index contributed by atoms with van der Waals surface area (Å²) in [6.07, 6.45) is 11.2. The first-order valence-corrected chi connectivity index (χ1v) is 23.9. The summed E-state index contributed by atoms with van der Waals surface area (Å²) in [7, 11) is 4.52. The van der Waals surface area contributed by atoms with Crippen LogP contribution in [0.3, 0.4) is 0 Å². The van der Waals surface area contributed by atoms with Crippen LogP contribution in [-0.2, 0) is 47.7 Å². The number of carbonyl (C=O) groups excluding carboxylic acids is 5. The van der Waals surface area contributed by atoms with E-state index in [4.69, 9.17) is 23.7 Å². The first-order valence-electron chi connectivity index (χ1n) is 23.9. The van der Waals surface area contributed by atoms with Gasteiger partial charge in [-0.3, -0.25) is 19.2 Å². The average Bonchev–Trinajstić information content (AvgIpc) is 3.28. The first-order chi connectivity index (χ1) is 30.7. The van der Waals surface area contributed by atoms with Crippen LogP contribution in [-0.4, -0.2) is 132 Å². The second-order valence-corrected chi connectivity index (χ2v) is 19.6. The predicted octanol–water partition coefficient (Wildman–Crippen LogP) is 6.18. The van der Waals surface area contributed by atoms with Crippen molar-refractivity contribution in [2.75, 3.05) is 27.9 Å². The summed E-state index contributed by atoms with van der Waals surface area (Å²) < 4.78 is 29.4. The fourth-order valence-corrected chi connectivity index (χ4v) is 10.1. The number of piperidine rings is 1. The highest BCUT2D eigenvalue weighted by molar-refractivity contribution is 6.39. The maximum absolute atomic E-state index is 14.4. The van der Waals surface area contributed by atoms with Crippen LogP contribution in [0, 0.1) is 35.5 Å². The van der Waals surface area contributed by atoms with Crippen molar-refractivity contribution in [3.63, 3.8) is 0 Å². The van der Waals surface area contributed by atoms with E-state index in [-0.39, 0.29) is 54.8 Å². The molecule has 1 amide bonds. The highest BCUT2D eigenvalue weighted by Crippen LogP contribution is 2.38. The van der Waals surface area contributed by atoms with Gasteiger partial charge < -0.3 is 43.9 Å². The molecule has 14 heteroatoms. The number of fused-ring (bicyclic) bond motifs is 3. The molecule has 14 unspecified atom stereocenters. The van der Waals surface area contributed by atoms with Crippen LogP contribution in [0.4, 0.5) is 0 Å². The third-order valence-electron chi connectivity index (χ3n) is 14.5. The van der Waals surface area contributed by atoms with Crippen molar-refractivity contribution < 1.29 is 63.0 Å². The zero-order valence-electron chi connectivity index (χ0n) is 40.6. The standard InChI is InChI=1S/C51H79NO13/c1-30-16-12-11-13-17-31(2)42(61-8)28-38-21-19-36(7)51(60,65-38)48(57)49(58)52-23-15-14-18-39(52)50(59)64-43(33(4)26-37-20-22-40(53)44(27-37)62-9)29-41(54)32(3)25-35(6)46(56)47(63-10)45(55)34(5)24-30/h11-13,16-17,25,30,32-34,36-40,42-44,46-47,53,56,60H,14-15,18-24,26-29H2,1-10H3/t30?,32?,33?,34?,36?,37?,38?,39?,40?,42?,43?,44?,46?,47?,51-/m0/s1. The summed E-state index contributed by atoms with van der Waals surface area (Å²) in [6, 6.07) is -1.14. The van der Waals surface area contributed by atoms with Crippen molar-refractivity contribution in [3.05, 3.63) is 47.6 Å². The van der Waals surface area contributed by atoms with Gasteiger partial charge in [-0.1, -0.05) is 71.1 Å². The summed E-state index contributed by atoms with van der Waals surface area (Å²) in [5.41, 5.74) is 1.27. The fraction of sp³-hybridized carbons (Fsp3) is 0.745. The lowest BCUT2D eigenvalue weighted by molar-refractivity contribution is -0.265. The van der Waals surface area contributed by atoms with Crippen molar-refractivity contribution in [2.45, 2.75) is 180 Å². The van der Waals surface area contributed by atoms with Crippen molar-refractivity contribution in [1.29, 1.82) is 0 Å². The Morgan fingerprint density at radius 3 is 2.25 bits per heavy atom. The molecule has 0 aromatic rings. The predicted molar refractivity (Wildman–Crippen MR) is 245 cm³/mol. The largest absolute Gasteiger partial charge is 0.460 e. The number of ketones is 3. The Morgan fingerprint density at radius 2 is 1.57 bits per heavy atom. The minimum atomic E-state index is -2.43. The van der Waals surface area contributed by atoms with Crippen LogP contribution in [0.5, 0.6) is 0 Å². The molecule has 1 saturated carbocycles. The molecule has 2 bridgehead atoms. The number of esters is 1. The molecule has 3 N–H and O–H groups in total. The molecule has 15 atom stereocenters. The van der Waals surface area contributed by atoms with Gasteiger partial charge in [0.25, 0.3) is 11.7 Å². The molecule has 0 aromatic heterocycles. The van der Waals surface area contributed by atoms with E-state index < -0.39 is 83.9 Å². The Kier molecular flexibility index (Phi) is 21.0. The molecule has 2 saturated heterocycles. The number of hydrogen-bond donors (Lipinski definition) is 3. The van der Waals surface area contributed by atoms with Crippen molar-refractivity contribution in [3.8, 4) is 0 Å². The normalized spacial score (nSPS) is 37.8. The molecule has 14 nitrogen and oxygen atoms in total. The number of methoxy groups -OCH3 is 3. The van der Waals surface area contributed by atoms with E-state index in [2.05, 4.69) is 0 Å². The quantitative estimate of drug-likeness (QED) is 0.156. The number of allylic oxidation sites excluding steroid dienone is 6. The Balaban J connectivity index is 1.70. The van der Waals surface area contributed by atoms with Crippen LogP contribution in [0.25, 0.3) is 0 Å². The molecular formula is C51H79NO13. The number of ether oxygens (including phenoxy) is 5. The molecule has 65 heavy (non-hydrogen) atoms. The van der Waals surface area contributed by atoms with E-state index in [0.29, 0.717) is 63.4 Å². The maximum atomic E-state index is 14.4. The Bertz CT molecular complexity index is 1760. The minimum Gasteiger partial charge on any atom is -0.460 e. The SMILES string of the molecule is COC1CC2CCC(C)[C@](O)(O2)C(=O)C(=O)N2CCCCC2C(=O)OC(C(C)CC2CCC(O)C(OC)C2)CC(=O)C(C)C=C(C)C(O)C(OC)C(=O)C(C)CC(C)C=CC=CC=C1C. The number of rotatable bonds is 6. The minimum absolute atomic E-state index is 0.0193. The van der Waals surface area contributed by atoms with E-state index in [0.717, 1.165) is 12.0 Å². The van der Waals surface area contributed by atoms with Gasteiger partial charge >= 0.3 is 5.97 Å². The topological polar surface area (TPSA) is 195 Å². The van der Waals surface area contributed by atoms with E-state index in [1.807, 2.05) is 58.1 Å². The average molecular weight is 914 g/mol. The van der Waals surface area contributed by atoms with Gasteiger partial charge in [-0.25, -0.2) is 4.79 Å². The monoisotopic (exact) mass is 914 g/mol. The zero-order chi connectivity index (χ0) is 48.2. The van der Waals surface area contributed by atoms with Crippen LogP contribution < -0.4 is 0 Å². The van der Waals surface area contributed by atoms with Gasteiger partial charge in [0, 0.05) is 58.5 Å². The Hall–Kier alpha value is -3.37. The summed E-state index contributed by atoms with van der Waals surface area (Å²) >= 11 is 0. The van der Waals surface area contributed by atoms with Gasteiger partial charge in [0.15, 0.2) is 5.78 Å². The lowest BCUT2D eigenvalue weighted by Gasteiger charge is -2.42. The van der Waals surface area contributed by atoms with Gasteiger partial charge in [-0.05, 0) is 107 Å². The highest BCUT2D eigenvalue weighted by atomic mass is 16.6. The Labute approximate surface area is 387 Å².